The number of rotatable bonds is 5. The van der Waals surface area contributed by atoms with Crippen LogP contribution in [-0.4, -0.2) is 18.4 Å². The van der Waals surface area contributed by atoms with Crippen LogP contribution in [0.3, 0.4) is 0 Å². The van der Waals surface area contributed by atoms with Gasteiger partial charge in [-0.05, 0) is 25.5 Å². The lowest BCUT2D eigenvalue weighted by Gasteiger charge is -2.28. The van der Waals surface area contributed by atoms with Gasteiger partial charge in [0.1, 0.15) is 17.8 Å². The lowest BCUT2D eigenvalue weighted by molar-refractivity contribution is -0.154. The first-order valence-electron chi connectivity index (χ1n) is 6.70. The van der Waals surface area contributed by atoms with E-state index in [2.05, 4.69) is 0 Å². The fourth-order valence-corrected chi connectivity index (χ4v) is 2.38. The van der Waals surface area contributed by atoms with E-state index in [1.807, 2.05) is 30.3 Å². The summed E-state index contributed by atoms with van der Waals surface area (Å²) >= 11 is 0. The van der Waals surface area contributed by atoms with Crippen molar-refractivity contribution in [3.63, 3.8) is 0 Å². The molecule has 1 aliphatic rings. The summed E-state index contributed by atoms with van der Waals surface area (Å²) in [4.78, 5) is 23.5. The Morgan fingerprint density at radius 3 is 2.80 bits per heavy atom. The fourth-order valence-electron chi connectivity index (χ4n) is 2.38. The maximum Gasteiger partial charge on any atom is 0.313 e. The van der Waals surface area contributed by atoms with Gasteiger partial charge in [0.2, 0.25) is 0 Å². The number of esters is 1. The largest absolute Gasteiger partial charge is 0.492 e. The molecule has 0 bridgehead atoms. The molecule has 0 aliphatic carbocycles. The van der Waals surface area contributed by atoms with Gasteiger partial charge in [-0.15, -0.1) is 0 Å². The molecule has 0 fully saturated rings. The van der Waals surface area contributed by atoms with Gasteiger partial charge in [0.25, 0.3) is 0 Å². The van der Waals surface area contributed by atoms with E-state index < -0.39 is 18.0 Å². The molecule has 1 aromatic carbocycles. The highest BCUT2D eigenvalue weighted by Crippen LogP contribution is 2.35. The van der Waals surface area contributed by atoms with Crippen molar-refractivity contribution in [3.05, 3.63) is 41.7 Å². The number of Topliss-reactive ketones (excluding diaryl/α,β-unsaturated/α-hetero) is 1. The molecule has 1 aromatic rings. The van der Waals surface area contributed by atoms with Crippen LogP contribution in [0.1, 0.15) is 37.5 Å². The third kappa shape index (κ3) is 3.07. The lowest BCUT2D eigenvalue weighted by Crippen LogP contribution is -2.28. The Labute approximate surface area is 118 Å². The summed E-state index contributed by atoms with van der Waals surface area (Å²) in [6, 6.07) is 7.69. The zero-order chi connectivity index (χ0) is 14.5. The van der Waals surface area contributed by atoms with E-state index in [0.717, 1.165) is 11.1 Å². The van der Waals surface area contributed by atoms with Crippen LogP contribution in [0, 0.1) is 5.92 Å². The number of ether oxygens (including phenoxy) is 2. The topological polar surface area (TPSA) is 52.6 Å². The molecule has 0 aromatic heterocycles. The minimum Gasteiger partial charge on any atom is -0.492 e. The second kappa shape index (κ2) is 6.37. The predicted molar refractivity (Wildman–Crippen MR) is 74.7 cm³/mol. The zero-order valence-corrected chi connectivity index (χ0v) is 11.7. The average Bonchev–Trinajstić information content (AvgIpc) is 2.44. The second-order valence-corrected chi connectivity index (χ2v) is 4.75. The third-order valence-corrected chi connectivity index (χ3v) is 3.24. The first-order chi connectivity index (χ1) is 9.63. The molecule has 1 aliphatic heterocycles. The molecular weight excluding hydrogens is 256 g/mol. The van der Waals surface area contributed by atoms with Gasteiger partial charge in [-0.25, -0.2) is 0 Å². The summed E-state index contributed by atoms with van der Waals surface area (Å²) in [5.41, 5.74) is 1.91. The van der Waals surface area contributed by atoms with Crippen molar-refractivity contribution in [2.75, 3.05) is 6.61 Å². The predicted octanol–water partition coefficient (Wildman–Crippen LogP) is 2.89. The molecule has 4 heteroatoms. The summed E-state index contributed by atoms with van der Waals surface area (Å²) in [7, 11) is 0. The van der Waals surface area contributed by atoms with Gasteiger partial charge in [-0.1, -0.05) is 24.3 Å². The van der Waals surface area contributed by atoms with Crippen LogP contribution < -0.4 is 0 Å². The Kier molecular flexibility index (Phi) is 4.56. The highest BCUT2D eigenvalue weighted by molar-refractivity contribution is 5.83. The minimum absolute atomic E-state index is 0.0568. The first-order valence-corrected chi connectivity index (χ1v) is 6.70. The van der Waals surface area contributed by atoms with Gasteiger partial charge >= 0.3 is 5.97 Å². The Hall–Kier alpha value is -2.10. The normalized spacial score (nSPS) is 17.8. The molecule has 4 nitrogen and oxygen atoms in total. The number of benzene rings is 1. The Bertz CT molecular complexity index is 533. The van der Waals surface area contributed by atoms with E-state index in [4.69, 9.17) is 9.47 Å². The smallest absolute Gasteiger partial charge is 0.313 e. The van der Waals surface area contributed by atoms with Crippen LogP contribution in [0.2, 0.25) is 0 Å². The number of hydrogen-bond donors (Lipinski definition) is 0. The molecule has 0 radical (unpaired) electrons. The molecule has 20 heavy (non-hydrogen) atoms. The molecule has 2 atom stereocenters. The molecule has 0 amide bonds. The van der Waals surface area contributed by atoms with Crippen LogP contribution in [0.15, 0.2) is 30.5 Å². The van der Waals surface area contributed by atoms with Crippen LogP contribution >= 0.6 is 0 Å². The van der Waals surface area contributed by atoms with Gasteiger partial charge in [-0.2, -0.15) is 0 Å². The minimum atomic E-state index is -0.612. The summed E-state index contributed by atoms with van der Waals surface area (Å²) in [5.74, 6) is -1.06. The maximum atomic E-state index is 12.1. The van der Waals surface area contributed by atoms with Crippen molar-refractivity contribution in [3.8, 4) is 0 Å². The number of ketones is 1. The Balaban J connectivity index is 2.31. The van der Waals surface area contributed by atoms with Crippen molar-refractivity contribution in [2.45, 2.75) is 26.4 Å². The Morgan fingerprint density at radius 1 is 1.35 bits per heavy atom. The zero-order valence-electron chi connectivity index (χ0n) is 11.7. The first kappa shape index (κ1) is 14.3. The van der Waals surface area contributed by atoms with Gasteiger partial charge in [0.15, 0.2) is 0 Å². The van der Waals surface area contributed by atoms with Crippen LogP contribution in [0.4, 0.5) is 0 Å². The van der Waals surface area contributed by atoms with Gasteiger partial charge in [0, 0.05) is 12.0 Å². The number of fused-ring (bicyclic) bond motifs is 1. The van der Waals surface area contributed by atoms with Crippen LogP contribution in [-0.2, 0) is 19.1 Å². The molecule has 0 saturated heterocycles. The van der Waals surface area contributed by atoms with E-state index in [-0.39, 0.29) is 18.8 Å². The van der Waals surface area contributed by atoms with Crippen molar-refractivity contribution < 1.29 is 19.1 Å². The highest BCUT2D eigenvalue weighted by atomic mass is 16.5. The third-order valence-electron chi connectivity index (χ3n) is 3.24. The Morgan fingerprint density at radius 2 is 2.10 bits per heavy atom. The molecule has 0 saturated carbocycles. The van der Waals surface area contributed by atoms with Crippen molar-refractivity contribution in [2.24, 2.45) is 5.92 Å². The molecule has 0 spiro atoms. The SMILES string of the molecule is CCOC(=O)C(CC(C)=O)C1OC=Cc2ccccc21. The molecule has 106 valence electrons. The molecule has 0 N–H and O–H groups in total. The monoisotopic (exact) mass is 274 g/mol. The summed E-state index contributed by atoms with van der Waals surface area (Å²) in [6.07, 6.45) is 3.06. The van der Waals surface area contributed by atoms with Gasteiger partial charge < -0.3 is 9.47 Å². The van der Waals surface area contributed by atoms with E-state index in [9.17, 15) is 9.59 Å². The number of carbonyl (C=O) groups excluding carboxylic acids is 2. The van der Waals surface area contributed by atoms with Crippen molar-refractivity contribution >= 4 is 17.8 Å². The standard InChI is InChI=1S/C16H18O4/c1-3-19-16(18)14(10-11(2)17)15-13-7-5-4-6-12(13)8-9-20-15/h4-9,14-15H,3,10H2,1-2H3. The van der Waals surface area contributed by atoms with E-state index in [1.54, 1.807) is 13.2 Å². The summed E-state index contributed by atoms with van der Waals surface area (Å²) in [5, 5.41) is 0. The second-order valence-electron chi connectivity index (χ2n) is 4.75. The summed E-state index contributed by atoms with van der Waals surface area (Å²) in [6.45, 7) is 3.51. The highest BCUT2D eigenvalue weighted by Gasteiger charge is 2.35. The van der Waals surface area contributed by atoms with E-state index >= 15 is 0 Å². The van der Waals surface area contributed by atoms with Crippen molar-refractivity contribution in [1.29, 1.82) is 0 Å². The van der Waals surface area contributed by atoms with Crippen molar-refractivity contribution in [1.82, 2.24) is 0 Å². The number of hydrogen-bond acceptors (Lipinski definition) is 4. The van der Waals surface area contributed by atoms with E-state index in [1.165, 1.54) is 6.92 Å². The van der Waals surface area contributed by atoms with Crippen LogP contribution in [0.25, 0.3) is 6.08 Å². The lowest BCUT2D eigenvalue weighted by atomic mass is 9.88. The molecular formula is C16H18O4. The maximum absolute atomic E-state index is 12.1. The van der Waals surface area contributed by atoms with E-state index in [0.29, 0.717) is 0 Å². The molecule has 2 unspecified atom stereocenters. The van der Waals surface area contributed by atoms with Gasteiger partial charge in [0.05, 0.1) is 12.9 Å². The number of carbonyl (C=O) groups is 2. The fraction of sp³-hybridized carbons (Fsp3) is 0.375. The molecule has 2 rings (SSSR count). The van der Waals surface area contributed by atoms with Gasteiger partial charge in [-0.3, -0.25) is 9.59 Å². The molecule has 1 heterocycles. The quantitative estimate of drug-likeness (QED) is 0.775. The average molecular weight is 274 g/mol. The summed E-state index contributed by atoms with van der Waals surface area (Å²) < 4.78 is 10.7. The van der Waals surface area contributed by atoms with Crippen LogP contribution in [0.5, 0.6) is 0 Å².